The molecule has 0 amide bonds. The van der Waals surface area contributed by atoms with E-state index in [1.165, 1.54) is 5.57 Å². The zero-order valence-corrected chi connectivity index (χ0v) is 18.6. The lowest BCUT2D eigenvalue weighted by Crippen LogP contribution is -2.51. The summed E-state index contributed by atoms with van der Waals surface area (Å²) in [6.45, 7) is 4.62. The number of allylic oxidation sites excluding steroid dienone is 1. The van der Waals surface area contributed by atoms with Crippen LogP contribution < -0.4 is 0 Å². The fraction of sp³-hybridized carbons (Fsp3) is 0.783. The lowest BCUT2D eigenvalue weighted by atomic mass is 9.46. The highest BCUT2D eigenvalue weighted by Crippen LogP contribution is 2.66. The molecule has 0 bridgehead atoms. The lowest BCUT2D eigenvalue weighted by Gasteiger charge is -2.58. The second kappa shape index (κ2) is 7.37. The molecule has 0 heterocycles. The van der Waals surface area contributed by atoms with Gasteiger partial charge in [0, 0.05) is 12.3 Å². The number of alkyl halides is 1. The fourth-order valence-electron chi connectivity index (χ4n) is 7.38. The normalized spacial score (nSPS) is 42.1. The SMILES string of the molecule is C[C@]12CC[C@H]3[C@@H](CCC4=CC(=O)CC[C@@]43C)[C@@H]1CC[C@@H]2C(=O)COC(=O)CBr. The molecule has 0 unspecified atom stereocenters. The second-order valence-electron chi connectivity index (χ2n) is 9.90. The van der Waals surface area contributed by atoms with Gasteiger partial charge >= 0.3 is 5.97 Å². The van der Waals surface area contributed by atoms with Crippen molar-refractivity contribution in [2.24, 2.45) is 34.5 Å². The molecular formula is C23H31BrO4. The summed E-state index contributed by atoms with van der Waals surface area (Å²) in [6, 6.07) is 0. The molecule has 3 saturated carbocycles. The molecule has 0 N–H and O–H groups in total. The first-order valence-electron chi connectivity index (χ1n) is 10.8. The van der Waals surface area contributed by atoms with Crippen LogP contribution in [0.4, 0.5) is 0 Å². The lowest BCUT2D eigenvalue weighted by molar-refractivity contribution is -0.148. The van der Waals surface area contributed by atoms with Gasteiger partial charge < -0.3 is 4.74 Å². The van der Waals surface area contributed by atoms with Crippen LogP contribution >= 0.6 is 15.9 Å². The average molecular weight is 451 g/mol. The van der Waals surface area contributed by atoms with Gasteiger partial charge in [0.15, 0.2) is 11.6 Å². The highest BCUT2D eigenvalue weighted by atomic mass is 79.9. The third-order valence-corrected chi connectivity index (χ3v) is 9.29. The number of ketones is 2. The van der Waals surface area contributed by atoms with Gasteiger partial charge in [0.05, 0.1) is 0 Å². The average Bonchev–Trinajstić information content (AvgIpc) is 3.03. The Hall–Kier alpha value is -0.970. The maximum Gasteiger partial charge on any atom is 0.316 e. The summed E-state index contributed by atoms with van der Waals surface area (Å²) in [5.74, 6) is 1.90. The number of Topliss-reactive ketones (excluding diaryl/α,β-unsaturated/α-hetero) is 1. The predicted molar refractivity (Wildman–Crippen MR) is 110 cm³/mol. The zero-order valence-electron chi connectivity index (χ0n) is 17.0. The molecule has 4 aliphatic rings. The number of halogens is 1. The van der Waals surface area contributed by atoms with E-state index in [1.807, 2.05) is 6.08 Å². The number of ether oxygens (including phenoxy) is 1. The summed E-state index contributed by atoms with van der Waals surface area (Å²) in [5.41, 5.74) is 1.59. The van der Waals surface area contributed by atoms with Crippen molar-refractivity contribution in [3.05, 3.63) is 11.6 Å². The number of hydrogen-bond donors (Lipinski definition) is 0. The highest BCUT2D eigenvalue weighted by Gasteiger charge is 2.60. The van der Waals surface area contributed by atoms with Gasteiger partial charge in [-0.05, 0) is 79.6 Å². The Labute approximate surface area is 176 Å². The highest BCUT2D eigenvalue weighted by molar-refractivity contribution is 9.09. The summed E-state index contributed by atoms with van der Waals surface area (Å²) in [4.78, 5) is 36.2. The Kier molecular flexibility index (Phi) is 5.35. The van der Waals surface area contributed by atoms with E-state index in [0.29, 0.717) is 30.0 Å². The Morgan fingerprint density at radius 2 is 1.89 bits per heavy atom. The third-order valence-electron chi connectivity index (χ3n) is 8.84. The van der Waals surface area contributed by atoms with Crippen molar-refractivity contribution in [1.82, 2.24) is 0 Å². The predicted octanol–water partition coefficient (Wildman–Crippen LogP) is 4.64. The van der Waals surface area contributed by atoms with Crippen LogP contribution in [0.2, 0.25) is 0 Å². The quantitative estimate of drug-likeness (QED) is 0.462. The number of fused-ring (bicyclic) bond motifs is 5. The molecule has 4 nitrogen and oxygen atoms in total. The van der Waals surface area contributed by atoms with Crippen molar-refractivity contribution in [2.75, 3.05) is 11.9 Å². The molecule has 6 atom stereocenters. The van der Waals surface area contributed by atoms with Crippen LogP contribution in [0.5, 0.6) is 0 Å². The van der Waals surface area contributed by atoms with E-state index >= 15 is 0 Å². The topological polar surface area (TPSA) is 60.4 Å². The number of carbonyl (C=O) groups excluding carboxylic acids is 3. The minimum absolute atomic E-state index is 0.0132. The molecule has 4 rings (SSSR count). The van der Waals surface area contributed by atoms with Crippen LogP contribution in [0, 0.1) is 34.5 Å². The number of esters is 1. The fourth-order valence-corrected chi connectivity index (χ4v) is 7.54. The van der Waals surface area contributed by atoms with Crippen molar-refractivity contribution in [3.63, 3.8) is 0 Å². The van der Waals surface area contributed by atoms with E-state index < -0.39 is 0 Å². The molecule has 3 fully saturated rings. The van der Waals surface area contributed by atoms with Crippen molar-refractivity contribution < 1.29 is 19.1 Å². The molecule has 0 aromatic heterocycles. The zero-order chi connectivity index (χ0) is 20.1. The smallest absolute Gasteiger partial charge is 0.316 e. The molecule has 154 valence electrons. The summed E-state index contributed by atoms with van der Waals surface area (Å²) in [5, 5.41) is 0.130. The van der Waals surface area contributed by atoms with Gasteiger partial charge in [-0.1, -0.05) is 35.4 Å². The molecule has 28 heavy (non-hydrogen) atoms. The number of rotatable bonds is 4. The van der Waals surface area contributed by atoms with Crippen LogP contribution in [-0.4, -0.2) is 29.5 Å². The van der Waals surface area contributed by atoms with E-state index in [9.17, 15) is 14.4 Å². The van der Waals surface area contributed by atoms with Crippen LogP contribution in [0.3, 0.4) is 0 Å². The molecular weight excluding hydrogens is 420 g/mol. The molecule has 0 aromatic rings. The molecule has 0 spiro atoms. The molecule has 0 aromatic carbocycles. The molecule has 0 radical (unpaired) electrons. The maximum absolute atomic E-state index is 12.9. The van der Waals surface area contributed by atoms with Gasteiger partial charge in [-0.3, -0.25) is 14.4 Å². The second-order valence-corrected chi connectivity index (χ2v) is 10.5. The molecule has 0 saturated heterocycles. The first-order valence-corrected chi connectivity index (χ1v) is 11.9. The first-order chi connectivity index (χ1) is 13.3. The number of carbonyl (C=O) groups is 3. The number of hydrogen-bond acceptors (Lipinski definition) is 4. The van der Waals surface area contributed by atoms with Crippen molar-refractivity contribution in [3.8, 4) is 0 Å². The van der Waals surface area contributed by atoms with Gasteiger partial charge in [-0.25, -0.2) is 0 Å². The summed E-state index contributed by atoms with van der Waals surface area (Å²) in [7, 11) is 0. The van der Waals surface area contributed by atoms with Gasteiger partial charge in [-0.2, -0.15) is 0 Å². The van der Waals surface area contributed by atoms with Gasteiger partial charge in [0.2, 0.25) is 0 Å². The van der Waals surface area contributed by atoms with Gasteiger partial charge in [-0.15, -0.1) is 0 Å². The van der Waals surface area contributed by atoms with E-state index in [0.717, 1.165) is 44.9 Å². The standard InChI is InChI=1S/C23H31BrO4/c1-22-9-7-15(25)11-14(22)3-4-16-17-5-6-19(20(26)13-28-21(27)12-24)23(17,2)10-8-18(16)22/h11,16-19H,3-10,12-13H2,1-2H3/t16-,17-,18-,19+,22-,23-/m0/s1. The first kappa shape index (κ1) is 20.3. The van der Waals surface area contributed by atoms with E-state index in [-0.39, 0.29) is 40.4 Å². The van der Waals surface area contributed by atoms with Crippen LogP contribution in [0.25, 0.3) is 0 Å². The Morgan fingerprint density at radius 3 is 2.64 bits per heavy atom. The summed E-state index contributed by atoms with van der Waals surface area (Å²) in [6.07, 6.45) is 10.1. The van der Waals surface area contributed by atoms with E-state index in [2.05, 4.69) is 29.8 Å². The van der Waals surface area contributed by atoms with E-state index in [1.54, 1.807) is 0 Å². The minimum Gasteiger partial charge on any atom is -0.457 e. The van der Waals surface area contributed by atoms with Crippen molar-refractivity contribution in [2.45, 2.75) is 65.2 Å². The van der Waals surface area contributed by atoms with Crippen molar-refractivity contribution in [1.29, 1.82) is 0 Å². The largest absolute Gasteiger partial charge is 0.457 e. The van der Waals surface area contributed by atoms with Crippen molar-refractivity contribution >= 4 is 33.5 Å². The Bertz CT molecular complexity index is 728. The monoisotopic (exact) mass is 450 g/mol. The summed E-state index contributed by atoms with van der Waals surface area (Å²) >= 11 is 3.08. The summed E-state index contributed by atoms with van der Waals surface area (Å²) < 4.78 is 5.12. The van der Waals surface area contributed by atoms with Crippen LogP contribution in [0.15, 0.2) is 11.6 Å². The van der Waals surface area contributed by atoms with Crippen LogP contribution in [0.1, 0.15) is 65.2 Å². The third kappa shape index (κ3) is 3.12. The van der Waals surface area contributed by atoms with Gasteiger partial charge in [0.25, 0.3) is 0 Å². The Balaban J connectivity index is 1.52. The maximum atomic E-state index is 12.9. The molecule has 0 aliphatic heterocycles. The Morgan fingerprint density at radius 1 is 1.11 bits per heavy atom. The molecule has 4 aliphatic carbocycles. The van der Waals surface area contributed by atoms with Gasteiger partial charge in [0.1, 0.15) is 11.9 Å². The van der Waals surface area contributed by atoms with Crippen LogP contribution in [-0.2, 0) is 19.1 Å². The minimum atomic E-state index is -0.372. The van der Waals surface area contributed by atoms with E-state index in [4.69, 9.17) is 4.74 Å². The molecule has 5 heteroatoms.